The zero-order valence-electron chi connectivity index (χ0n) is 13.8. The first kappa shape index (κ1) is 18.0. The van der Waals surface area contributed by atoms with Gasteiger partial charge in [-0.1, -0.05) is 26.0 Å². The van der Waals surface area contributed by atoms with Gasteiger partial charge >= 0.3 is 5.97 Å². The highest BCUT2D eigenvalue weighted by atomic mass is 16.5. The Balaban J connectivity index is 2.80. The summed E-state index contributed by atoms with van der Waals surface area (Å²) >= 11 is 0. The third-order valence-electron chi connectivity index (χ3n) is 3.45. The first-order valence-corrected chi connectivity index (χ1v) is 7.41. The molecule has 1 rings (SSSR count). The van der Waals surface area contributed by atoms with Gasteiger partial charge in [-0.05, 0) is 44.4 Å². The molecule has 22 heavy (non-hydrogen) atoms. The fourth-order valence-corrected chi connectivity index (χ4v) is 1.80. The van der Waals surface area contributed by atoms with Gasteiger partial charge < -0.3 is 15.2 Å². The Kier molecular flexibility index (Phi) is 5.97. The third kappa shape index (κ3) is 4.76. The second kappa shape index (κ2) is 7.29. The van der Waals surface area contributed by atoms with Crippen LogP contribution in [-0.4, -0.2) is 29.6 Å². The molecule has 1 aromatic carbocycles. The molecule has 0 spiro atoms. The van der Waals surface area contributed by atoms with Gasteiger partial charge in [-0.25, -0.2) is 0 Å². The molecular weight excluding hydrogens is 282 g/mol. The van der Waals surface area contributed by atoms with Crippen LogP contribution in [0.25, 0.3) is 0 Å². The van der Waals surface area contributed by atoms with Crippen LogP contribution in [0.1, 0.15) is 40.2 Å². The number of rotatable bonds is 7. The highest BCUT2D eigenvalue weighted by Gasteiger charge is 2.31. The van der Waals surface area contributed by atoms with E-state index in [0.29, 0.717) is 12.5 Å². The smallest absolute Gasteiger partial charge is 0.325 e. The summed E-state index contributed by atoms with van der Waals surface area (Å²) in [6, 6.07) is 6.41. The van der Waals surface area contributed by atoms with Crippen molar-refractivity contribution < 1.29 is 19.4 Å². The maximum atomic E-state index is 12.3. The number of aliphatic carboxylic acids is 1. The summed E-state index contributed by atoms with van der Waals surface area (Å²) in [4.78, 5) is 23.1. The number of hydrogen-bond donors (Lipinski definition) is 2. The van der Waals surface area contributed by atoms with Crippen molar-refractivity contribution in [3.63, 3.8) is 0 Å². The van der Waals surface area contributed by atoms with E-state index < -0.39 is 17.4 Å². The van der Waals surface area contributed by atoms with Crippen LogP contribution in [0.5, 0.6) is 5.75 Å². The van der Waals surface area contributed by atoms with Crippen LogP contribution >= 0.6 is 0 Å². The van der Waals surface area contributed by atoms with Crippen molar-refractivity contribution in [1.29, 1.82) is 0 Å². The first-order valence-electron chi connectivity index (χ1n) is 7.41. The van der Waals surface area contributed by atoms with Crippen LogP contribution < -0.4 is 10.1 Å². The van der Waals surface area contributed by atoms with Crippen molar-refractivity contribution in [2.75, 3.05) is 6.61 Å². The number of carbonyl (C=O) groups excluding carboxylic acids is 1. The number of amides is 1. The highest BCUT2D eigenvalue weighted by Crippen LogP contribution is 2.26. The van der Waals surface area contributed by atoms with Crippen LogP contribution in [0.4, 0.5) is 0 Å². The molecule has 5 heteroatoms. The van der Waals surface area contributed by atoms with Gasteiger partial charge in [-0.2, -0.15) is 0 Å². The summed E-state index contributed by atoms with van der Waals surface area (Å²) in [5.74, 6) is -0.174. The number of carboxylic acids is 1. The van der Waals surface area contributed by atoms with Crippen LogP contribution in [0.15, 0.2) is 24.3 Å². The molecule has 0 unspecified atom stereocenters. The molecule has 0 aliphatic carbocycles. The molecule has 0 aromatic heterocycles. The SMILES string of the molecule is CC(C)COc1ccc(C(C)(C)C(=O)N[C@H](C)C(=O)O)cc1. The Morgan fingerprint density at radius 3 is 2.18 bits per heavy atom. The number of ether oxygens (including phenoxy) is 1. The molecule has 0 radical (unpaired) electrons. The van der Waals surface area contributed by atoms with Crippen LogP contribution in [0.3, 0.4) is 0 Å². The van der Waals surface area contributed by atoms with Gasteiger partial charge in [-0.15, -0.1) is 0 Å². The van der Waals surface area contributed by atoms with E-state index in [2.05, 4.69) is 19.2 Å². The molecule has 5 nitrogen and oxygen atoms in total. The lowest BCUT2D eigenvalue weighted by Crippen LogP contribution is -2.46. The molecule has 1 aromatic rings. The Labute approximate surface area is 131 Å². The van der Waals surface area contributed by atoms with Gasteiger partial charge in [0.2, 0.25) is 5.91 Å². The minimum Gasteiger partial charge on any atom is -0.493 e. The molecule has 0 fully saturated rings. The van der Waals surface area contributed by atoms with E-state index in [4.69, 9.17) is 9.84 Å². The van der Waals surface area contributed by atoms with Gasteiger partial charge in [0.1, 0.15) is 11.8 Å². The largest absolute Gasteiger partial charge is 0.493 e. The zero-order chi connectivity index (χ0) is 16.9. The summed E-state index contributed by atoms with van der Waals surface area (Å²) < 4.78 is 5.61. The molecule has 0 heterocycles. The van der Waals surface area contributed by atoms with E-state index >= 15 is 0 Å². The predicted molar refractivity (Wildman–Crippen MR) is 85.0 cm³/mol. The summed E-state index contributed by atoms with van der Waals surface area (Å²) in [7, 11) is 0. The minimum absolute atomic E-state index is 0.321. The van der Waals surface area contributed by atoms with Crippen molar-refractivity contribution in [2.45, 2.75) is 46.1 Å². The number of hydrogen-bond acceptors (Lipinski definition) is 3. The Morgan fingerprint density at radius 2 is 1.73 bits per heavy atom. The standard InChI is InChI=1S/C17H25NO4/c1-11(2)10-22-14-8-6-13(7-9-14)17(4,5)16(21)18-12(3)15(19)20/h6-9,11-12H,10H2,1-5H3,(H,18,21)(H,19,20)/t12-/m1/s1. The van der Waals surface area contributed by atoms with E-state index in [1.165, 1.54) is 6.92 Å². The average molecular weight is 307 g/mol. The number of benzene rings is 1. The van der Waals surface area contributed by atoms with Crippen molar-refractivity contribution >= 4 is 11.9 Å². The van der Waals surface area contributed by atoms with Crippen molar-refractivity contribution in [1.82, 2.24) is 5.32 Å². The molecule has 0 saturated carbocycles. The summed E-state index contributed by atoms with van der Waals surface area (Å²) in [6.07, 6.45) is 0. The van der Waals surface area contributed by atoms with E-state index in [9.17, 15) is 9.59 Å². The fourth-order valence-electron chi connectivity index (χ4n) is 1.80. The summed E-state index contributed by atoms with van der Waals surface area (Å²) in [5, 5.41) is 11.4. The van der Waals surface area contributed by atoms with Crippen LogP contribution in [0.2, 0.25) is 0 Å². The van der Waals surface area contributed by atoms with E-state index in [0.717, 1.165) is 11.3 Å². The molecule has 0 bridgehead atoms. The van der Waals surface area contributed by atoms with Crippen molar-refractivity contribution in [3.8, 4) is 5.75 Å². The second-order valence-electron chi connectivity index (χ2n) is 6.39. The quantitative estimate of drug-likeness (QED) is 0.812. The normalized spacial score (nSPS) is 12.8. The van der Waals surface area contributed by atoms with Gasteiger partial charge in [0.15, 0.2) is 0 Å². The molecular formula is C17H25NO4. The zero-order valence-corrected chi connectivity index (χ0v) is 13.8. The van der Waals surface area contributed by atoms with E-state index in [1.54, 1.807) is 13.8 Å². The molecule has 0 aliphatic heterocycles. The lowest BCUT2D eigenvalue weighted by atomic mass is 9.83. The topological polar surface area (TPSA) is 75.6 Å². The van der Waals surface area contributed by atoms with Crippen molar-refractivity contribution in [2.24, 2.45) is 5.92 Å². The maximum Gasteiger partial charge on any atom is 0.325 e. The maximum absolute atomic E-state index is 12.3. The Hall–Kier alpha value is -2.04. The van der Waals surface area contributed by atoms with Crippen LogP contribution in [0, 0.1) is 5.92 Å². The third-order valence-corrected chi connectivity index (χ3v) is 3.45. The summed E-state index contributed by atoms with van der Waals surface area (Å²) in [6.45, 7) is 9.76. The Bertz CT molecular complexity index is 520. The monoisotopic (exact) mass is 307 g/mol. The lowest BCUT2D eigenvalue weighted by Gasteiger charge is -2.25. The van der Waals surface area contributed by atoms with E-state index in [1.807, 2.05) is 24.3 Å². The first-order chi connectivity index (χ1) is 10.1. The van der Waals surface area contributed by atoms with Gasteiger partial charge in [0.05, 0.1) is 12.0 Å². The van der Waals surface area contributed by atoms with E-state index in [-0.39, 0.29) is 5.91 Å². The molecule has 0 saturated heterocycles. The van der Waals surface area contributed by atoms with Crippen LogP contribution in [-0.2, 0) is 15.0 Å². The molecule has 1 amide bonds. The Morgan fingerprint density at radius 1 is 1.18 bits per heavy atom. The van der Waals surface area contributed by atoms with Gasteiger partial charge in [0, 0.05) is 0 Å². The lowest BCUT2D eigenvalue weighted by molar-refractivity contribution is -0.142. The fraction of sp³-hybridized carbons (Fsp3) is 0.529. The number of nitrogens with one attached hydrogen (secondary N) is 1. The molecule has 2 N–H and O–H groups in total. The predicted octanol–water partition coefficient (Wildman–Crippen LogP) is 2.59. The molecule has 0 aliphatic rings. The van der Waals surface area contributed by atoms with Gasteiger partial charge in [-0.3, -0.25) is 9.59 Å². The molecule has 1 atom stereocenters. The minimum atomic E-state index is -1.05. The number of carbonyl (C=O) groups is 2. The molecule has 122 valence electrons. The summed E-state index contributed by atoms with van der Waals surface area (Å²) in [5.41, 5.74) is -0.0141. The highest BCUT2D eigenvalue weighted by molar-refractivity contribution is 5.90. The number of carboxylic acid groups (broad SMARTS) is 1. The van der Waals surface area contributed by atoms with Gasteiger partial charge in [0.25, 0.3) is 0 Å². The second-order valence-corrected chi connectivity index (χ2v) is 6.39. The van der Waals surface area contributed by atoms with Crippen molar-refractivity contribution in [3.05, 3.63) is 29.8 Å². The average Bonchev–Trinajstić information content (AvgIpc) is 2.45.